The first-order valence-corrected chi connectivity index (χ1v) is 10.5. The predicted molar refractivity (Wildman–Crippen MR) is 112 cm³/mol. The van der Waals surface area contributed by atoms with Crippen LogP contribution in [0.25, 0.3) is 0 Å². The van der Waals surface area contributed by atoms with E-state index in [1.165, 1.54) is 0 Å². The van der Waals surface area contributed by atoms with Crippen LogP contribution in [0.5, 0.6) is 0 Å². The number of nitrogens with one attached hydrogen (secondary N) is 1. The summed E-state index contributed by atoms with van der Waals surface area (Å²) in [5.41, 5.74) is 3.46. The van der Waals surface area contributed by atoms with Crippen molar-refractivity contribution in [3.63, 3.8) is 0 Å². The lowest BCUT2D eigenvalue weighted by molar-refractivity contribution is 0.176. The Morgan fingerprint density at radius 2 is 1.96 bits per heavy atom. The molecule has 0 amide bonds. The number of nitrogens with zero attached hydrogens (tertiary/aromatic N) is 3. The van der Waals surface area contributed by atoms with E-state index < -0.39 is 17.0 Å². The van der Waals surface area contributed by atoms with Gasteiger partial charge in [-0.1, -0.05) is 19.1 Å². The first kappa shape index (κ1) is 21.8. The quantitative estimate of drug-likeness (QED) is 0.659. The molecule has 7 heteroatoms. The van der Waals surface area contributed by atoms with Crippen LogP contribution in [0.4, 0.5) is 0 Å². The topological polar surface area (TPSA) is 68.2 Å². The van der Waals surface area contributed by atoms with Crippen LogP contribution in [0.2, 0.25) is 0 Å². The van der Waals surface area contributed by atoms with Crippen LogP contribution in [0, 0.1) is 0 Å². The van der Waals surface area contributed by atoms with Crippen LogP contribution in [0.15, 0.2) is 45.5 Å². The fraction of sp³-hybridized carbons (Fsp3) is 0.550. The van der Waals surface area contributed by atoms with E-state index >= 15 is 0 Å². The molecule has 3 unspecified atom stereocenters. The zero-order chi connectivity index (χ0) is 20.1. The normalized spacial score (nSPS) is 18.5. The van der Waals surface area contributed by atoms with Crippen molar-refractivity contribution in [3.05, 3.63) is 41.2 Å². The summed E-state index contributed by atoms with van der Waals surface area (Å²) in [4.78, 5) is 9.71. The van der Waals surface area contributed by atoms with Gasteiger partial charge in [-0.15, -0.1) is 0 Å². The third-order valence-corrected chi connectivity index (χ3v) is 6.59. The summed E-state index contributed by atoms with van der Waals surface area (Å²) in [6, 6.07) is 7.81. The van der Waals surface area contributed by atoms with Crippen LogP contribution in [-0.4, -0.2) is 77.6 Å². The molecule has 0 radical (unpaired) electrons. The van der Waals surface area contributed by atoms with E-state index in [0.717, 1.165) is 34.8 Å². The van der Waals surface area contributed by atoms with Crippen LogP contribution >= 0.6 is 0 Å². The SMILES string of the molecule is CNC(O)C1=C(C)N(C)CC(c2ccc(S(=O)C(C)CCN(C)C)cc2)=N1. The summed E-state index contributed by atoms with van der Waals surface area (Å²) in [5, 5.41) is 13.1. The maximum absolute atomic E-state index is 12.7. The molecule has 0 bridgehead atoms. The minimum atomic E-state index is -1.02. The molecule has 0 spiro atoms. The highest BCUT2D eigenvalue weighted by Gasteiger charge is 2.22. The number of benzene rings is 1. The van der Waals surface area contributed by atoms with E-state index in [0.29, 0.717) is 12.2 Å². The number of aliphatic hydroxyl groups excluding tert-OH is 1. The van der Waals surface area contributed by atoms with Gasteiger partial charge in [-0.05, 0) is 58.7 Å². The fourth-order valence-corrected chi connectivity index (χ4v) is 4.10. The van der Waals surface area contributed by atoms with Crippen molar-refractivity contribution in [2.24, 2.45) is 4.99 Å². The lowest BCUT2D eigenvalue weighted by atomic mass is 10.1. The summed E-state index contributed by atoms with van der Waals surface area (Å²) >= 11 is 0. The number of hydrogen-bond donors (Lipinski definition) is 2. The molecule has 2 rings (SSSR count). The lowest BCUT2D eigenvalue weighted by Crippen LogP contribution is -2.36. The van der Waals surface area contributed by atoms with Gasteiger partial charge >= 0.3 is 0 Å². The Labute approximate surface area is 165 Å². The standard InChI is InChI=1S/C20H32N4O2S/c1-14(11-12-23(4)5)27(26)17-9-7-16(8-10-17)18-13-24(6)15(2)19(22-18)20(25)21-3/h7-10,14,20-21,25H,11-13H2,1-6H3. The zero-order valence-electron chi connectivity index (χ0n) is 17.2. The average molecular weight is 393 g/mol. The van der Waals surface area contributed by atoms with Gasteiger partial charge in [-0.2, -0.15) is 0 Å². The molecule has 0 aromatic heterocycles. The second-order valence-corrected chi connectivity index (χ2v) is 9.17. The summed E-state index contributed by atoms with van der Waals surface area (Å²) in [6.07, 6.45) is 0.0980. The molecule has 6 nitrogen and oxygen atoms in total. The van der Waals surface area contributed by atoms with Gasteiger partial charge in [0.15, 0.2) is 0 Å². The Morgan fingerprint density at radius 3 is 2.52 bits per heavy atom. The maximum atomic E-state index is 12.7. The van der Waals surface area contributed by atoms with Gasteiger partial charge in [-0.3, -0.25) is 9.53 Å². The van der Waals surface area contributed by atoms with Crippen molar-refractivity contribution < 1.29 is 9.32 Å². The van der Waals surface area contributed by atoms with Gasteiger partial charge < -0.3 is 14.9 Å². The highest BCUT2D eigenvalue weighted by atomic mass is 32.2. The maximum Gasteiger partial charge on any atom is 0.149 e. The molecule has 0 saturated carbocycles. The second kappa shape index (κ2) is 9.59. The van der Waals surface area contributed by atoms with Crippen molar-refractivity contribution in [3.8, 4) is 0 Å². The third kappa shape index (κ3) is 5.48. The molecule has 0 saturated heterocycles. The van der Waals surface area contributed by atoms with E-state index in [4.69, 9.17) is 0 Å². The molecule has 2 N–H and O–H groups in total. The Morgan fingerprint density at radius 1 is 1.33 bits per heavy atom. The first-order chi connectivity index (χ1) is 12.7. The van der Waals surface area contributed by atoms with Crippen LogP contribution in [0.1, 0.15) is 25.8 Å². The van der Waals surface area contributed by atoms with Gasteiger partial charge in [0.25, 0.3) is 0 Å². The van der Waals surface area contributed by atoms with Crippen molar-refractivity contribution in [1.82, 2.24) is 15.1 Å². The molecule has 3 atom stereocenters. The Kier molecular flexibility index (Phi) is 7.73. The lowest BCUT2D eigenvalue weighted by Gasteiger charge is -2.29. The van der Waals surface area contributed by atoms with Gasteiger partial charge in [0.05, 0.1) is 23.1 Å². The largest absolute Gasteiger partial charge is 0.373 e. The molecule has 1 aromatic carbocycles. The van der Waals surface area contributed by atoms with Crippen LogP contribution in [0.3, 0.4) is 0 Å². The van der Waals surface area contributed by atoms with Gasteiger partial charge in [-0.25, -0.2) is 4.99 Å². The number of rotatable bonds is 8. The zero-order valence-corrected chi connectivity index (χ0v) is 18.0. The van der Waals surface area contributed by atoms with E-state index in [1.54, 1.807) is 7.05 Å². The van der Waals surface area contributed by atoms with E-state index in [2.05, 4.69) is 20.1 Å². The predicted octanol–water partition coefficient (Wildman–Crippen LogP) is 1.64. The molecular formula is C20H32N4O2S. The highest BCUT2D eigenvalue weighted by molar-refractivity contribution is 7.85. The molecule has 27 heavy (non-hydrogen) atoms. The van der Waals surface area contributed by atoms with Crippen molar-refractivity contribution in [2.75, 3.05) is 41.3 Å². The molecule has 1 heterocycles. The van der Waals surface area contributed by atoms with E-state index in [9.17, 15) is 9.32 Å². The monoisotopic (exact) mass is 392 g/mol. The number of allylic oxidation sites excluding steroid dienone is 1. The van der Waals surface area contributed by atoms with Crippen LogP contribution in [-0.2, 0) is 10.8 Å². The molecule has 150 valence electrons. The molecular weight excluding hydrogens is 360 g/mol. The van der Waals surface area contributed by atoms with Gasteiger partial charge in [0.2, 0.25) is 0 Å². The fourth-order valence-electron chi connectivity index (χ4n) is 2.91. The average Bonchev–Trinajstić information content (AvgIpc) is 2.66. The second-order valence-electron chi connectivity index (χ2n) is 7.30. The minimum absolute atomic E-state index is 0.111. The minimum Gasteiger partial charge on any atom is -0.373 e. The Balaban J connectivity index is 2.18. The summed E-state index contributed by atoms with van der Waals surface area (Å²) in [5.74, 6) is 0. The van der Waals surface area contributed by atoms with E-state index in [1.807, 2.05) is 59.3 Å². The summed E-state index contributed by atoms with van der Waals surface area (Å²) in [6.45, 7) is 5.59. The number of likely N-dealkylation sites (N-methyl/N-ethyl adjacent to an activating group) is 2. The summed E-state index contributed by atoms with van der Waals surface area (Å²) < 4.78 is 12.7. The van der Waals surface area contributed by atoms with Crippen molar-refractivity contribution in [2.45, 2.75) is 36.6 Å². The van der Waals surface area contributed by atoms with Crippen molar-refractivity contribution >= 4 is 16.5 Å². The first-order valence-electron chi connectivity index (χ1n) is 9.25. The number of aliphatic imine (C=N–C) groups is 1. The highest BCUT2D eigenvalue weighted by Crippen LogP contribution is 2.22. The third-order valence-electron chi connectivity index (χ3n) is 4.89. The Hall–Kier alpha value is -1.54. The van der Waals surface area contributed by atoms with Gasteiger partial charge in [0, 0.05) is 22.9 Å². The van der Waals surface area contributed by atoms with Gasteiger partial charge in [0.1, 0.15) is 11.9 Å². The molecule has 1 aliphatic rings. The van der Waals surface area contributed by atoms with Crippen molar-refractivity contribution in [1.29, 1.82) is 0 Å². The summed E-state index contributed by atoms with van der Waals surface area (Å²) in [7, 11) is 6.73. The molecule has 0 aliphatic carbocycles. The smallest absolute Gasteiger partial charge is 0.149 e. The molecule has 1 aliphatic heterocycles. The number of aliphatic hydroxyl groups is 1. The molecule has 0 fully saturated rings. The van der Waals surface area contributed by atoms with Crippen LogP contribution < -0.4 is 5.32 Å². The number of hydrogen-bond acceptors (Lipinski definition) is 6. The molecule has 1 aromatic rings. The van der Waals surface area contributed by atoms with E-state index in [-0.39, 0.29) is 5.25 Å². The Bertz CT molecular complexity index is 728.